The summed E-state index contributed by atoms with van der Waals surface area (Å²) in [7, 11) is -3.63. The summed E-state index contributed by atoms with van der Waals surface area (Å²) in [6, 6.07) is 11.9. The molecule has 0 saturated carbocycles. The molecule has 0 spiro atoms. The number of carbonyl (C=O) groups is 1. The minimum Gasteiger partial charge on any atom is -0.486 e. The van der Waals surface area contributed by atoms with Crippen LogP contribution in [-0.2, 0) is 14.8 Å². The zero-order chi connectivity index (χ0) is 19.4. The molecule has 0 saturated heterocycles. The Morgan fingerprint density at radius 1 is 1.11 bits per heavy atom. The fourth-order valence-corrected chi connectivity index (χ4v) is 3.95. The van der Waals surface area contributed by atoms with Crippen molar-refractivity contribution in [3.05, 3.63) is 48.0 Å². The Bertz CT molecular complexity index is 943. The predicted molar refractivity (Wildman–Crippen MR) is 102 cm³/mol. The Balaban J connectivity index is 1.70. The summed E-state index contributed by atoms with van der Waals surface area (Å²) in [4.78, 5) is 13.8. The zero-order valence-electron chi connectivity index (χ0n) is 15.3. The van der Waals surface area contributed by atoms with Crippen molar-refractivity contribution in [3.63, 3.8) is 0 Å². The number of rotatable bonds is 6. The monoisotopic (exact) mass is 390 g/mol. The molecule has 7 nitrogen and oxygen atoms in total. The van der Waals surface area contributed by atoms with Crippen LogP contribution < -0.4 is 19.1 Å². The summed E-state index contributed by atoms with van der Waals surface area (Å²) in [5, 5.41) is 0. The van der Waals surface area contributed by atoms with E-state index in [2.05, 4.69) is 4.72 Å². The number of sulfonamides is 1. The quantitative estimate of drug-likeness (QED) is 0.816. The van der Waals surface area contributed by atoms with Gasteiger partial charge in [0.15, 0.2) is 11.5 Å². The molecule has 0 fully saturated rings. The molecule has 27 heavy (non-hydrogen) atoms. The van der Waals surface area contributed by atoms with Crippen LogP contribution in [0.15, 0.2) is 47.4 Å². The van der Waals surface area contributed by atoms with Crippen LogP contribution in [0.5, 0.6) is 11.5 Å². The Morgan fingerprint density at radius 3 is 2.56 bits per heavy atom. The first kappa shape index (κ1) is 19.2. The molecule has 0 aromatic heterocycles. The number of ether oxygens (including phenoxy) is 2. The molecule has 0 unspecified atom stereocenters. The van der Waals surface area contributed by atoms with Crippen molar-refractivity contribution < 1.29 is 22.7 Å². The lowest BCUT2D eigenvalue weighted by Gasteiger charge is -2.24. The second kappa shape index (κ2) is 7.98. The second-order valence-electron chi connectivity index (χ2n) is 6.21. The van der Waals surface area contributed by atoms with Gasteiger partial charge in [-0.2, -0.15) is 0 Å². The minimum atomic E-state index is -3.63. The molecular weight excluding hydrogens is 368 g/mol. The van der Waals surface area contributed by atoms with E-state index in [1.807, 2.05) is 13.0 Å². The average molecular weight is 390 g/mol. The van der Waals surface area contributed by atoms with Gasteiger partial charge in [0.25, 0.3) is 0 Å². The van der Waals surface area contributed by atoms with Gasteiger partial charge < -0.3 is 14.4 Å². The fourth-order valence-electron chi connectivity index (χ4n) is 2.83. The highest BCUT2D eigenvalue weighted by atomic mass is 32.2. The maximum Gasteiger partial charge on any atom is 0.240 e. The predicted octanol–water partition coefficient (Wildman–Crippen LogP) is 2.10. The molecule has 3 rings (SSSR count). The number of carbonyl (C=O) groups excluding carboxylic acids is 1. The van der Waals surface area contributed by atoms with Crippen LogP contribution >= 0.6 is 0 Å². The van der Waals surface area contributed by atoms with Crippen LogP contribution in [0, 0.1) is 6.92 Å². The highest BCUT2D eigenvalue weighted by Gasteiger charge is 2.19. The molecular formula is C19H22N2O5S. The van der Waals surface area contributed by atoms with Crippen LogP contribution in [0.1, 0.15) is 12.5 Å². The van der Waals surface area contributed by atoms with Gasteiger partial charge in [0.1, 0.15) is 13.2 Å². The molecule has 0 atom stereocenters. The Labute approximate surface area is 158 Å². The highest BCUT2D eigenvalue weighted by molar-refractivity contribution is 7.89. The van der Waals surface area contributed by atoms with Gasteiger partial charge in [-0.05, 0) is 36.8 Å². The van der Waals surface area contributed by atoms with Gasteiger partial charge in [-0.3, -0.25) is 4.79 Å². The summed E-state index contributed by atoms with van der Waals surface area (Å²) in [6.45, 7) is 4.49. The standard InChI is InChI=1S/C19H22N2O5S/c1-14-4-3-5-17(12-14)27(23,24)20-8-9-21(15(2)22)16-6-7-18-19(13-16)26-11-10-25-18/h3-7,12-13,20H,8-11H2,1-2H3. The SMILES string of the molecule is CC(=O)N(CCNS(=O)(=O)c1cccc(C)c1)c1ccc2c(c1)OCCO2. The third kappa shape index (κ3) is 4.58. The van der Waals surface area contributed by atoms with E-state index in [9.17, 15) is 13.2 Å². The lowest BCUT2D eigenvalue weighted by molar-refractivity contribution is -0.116. The second-order valence-corrected chi connectivity index (χ2v) is 7.98. The van der Waals surface area contributed by atoms with Crippen molar-refractivity contribution in [3.8, 4) is 11.5 Å². The first-order valence-corrected chi connectivity index (χ1v) is 10.1. The van der Waals surface area contributed by atoms with Gasteiger partial charge in [0, 0.05) is 31.8 Å². The van der Waals surface area contributed by atoms with Gasteiger partial charge in [-0.1, -0.05) is 12.1 Å². The Kier molecular flexibility index (Phi) is 5.67. The van der Waals surface area contributed by atoms with Gasteiger partial charge in [-0.25, -0.2) is 13.1 Å². The molecule has 1 amide bonds. The van der Waals surface area contributed by atoms with Crippen LogP contribution in [-0.4, -0.2) is 40.6 Å². The lowest BCUT2D eigenvalue weighted by Crippen LogP contribution is -2.37. The number of nitrogens with one attached hydrogen (secondary N) is 1. The van der Waals surface area contributed by atoms with Crippen molar-refractivity contribution in [1.82, 2.24) is 4.72 Å². The van der Waals surface area contributed by atoms with Crippen molar-refractivity contribution in [2.75, 3.05) is 31.2 Å². The number of hydrogen-bond donors (Lipinski definition) is 1. The third-order valence-electron chi connectivity index (χ3n) is 4.14. The largest absolute Gasteiger partial charge is 0.486 e. The lowest BCUT2D eigenvalue weighted by atomic mass is 10.2. The molecule has 0 bridgehead atoms. The molecule has 0 aliphatic carbocycles. The van der Waals surface area contributed by atoms with Crippen LogP contribution in [0.3, 0.4) is 0 Å². The van der Waals surface area contributed by atoms with E-state index in [0.29, 0.717) is 30.4 Å². The first-order chi connectivity index (χ1) is 12.9. The number of amides is 1. The van der Waals surface area contributed by atoms with Crippen molar-refractivity contribution in [2.45, 2.75) is 18.7 Å². The molecule has 1 N–H and O–H groups in total. The van der Waals surface area contributed by atoms with Crippen molar-refractivity contribution in [1.29, 1.82) is 0 Å². The topological polar surface area (TPSA) is 84.9 Å². The maximum atomic E-state index is 12.4. The molecule has 1 aliphatic rings. The van der Waals surface area contributed by atoms with Gasteiger partial charge >= 0.3 is 0 Å². The molecule has 2 aromatic rings. The van der Waals surface area contributed by atoms with E-state index in [-0.39, 0.29) is 23.9 Å². The number of fused-ring (bicyclic) bond motifs is 1. The summed E-state index contributed by atoms with van der Waals surface area (Å²) >= 11 is 0. The normalized spacial score (nSPS) is 13.3. The number of aryl methyl sites for hydroxylation is 1. The van der Waals surface area contributed by atoms with E-state index >= 15 is 0 Å². The minimum absolute atomic E-state index is 0.0876. The van der Waals surface area contributed by atoms with Crippen LogP contribution in [0.25, 0.3) is 0 Å². The fraction of sp³-hybridized carbons (Fsp3) is 0.316. The molecule has 1 aliphatic heterocycles. The van der Waals surface area contributed by atoms with Gasteiger partial charge in [-0.15, -0.1) is 0 Å². The van der Waals surface area contributed by atoms with Crippen molar-refractivity contribution in [2.24, 2.45) is 0 Å². The van der Waals surface area contributed by atoms with E-state index in [1.165, 1.54) is 11.8 Å². The van der Waals surface area contributed by atoms with Crippen LogP contribution in [0.2, 0.25) is 0 Å². The molecule has 8 heteroatoms. The molecule has 144 valence electrons. The number of anilines is 1. The van der Waals surface area contributed by atoms with Gasteiger partial charge in [0.2, 0.25) is 15.9 Å². The summed E-state index contributed by atoms with van der Waals surface area (Å²) < 4.78 is 38.4. The zero-order valence-corrected chi connectivity index (χ0v) is 16.1. The maximum absolute atomic E-state index is 12.4. The Morgan fingerprint density at radius 2 is 1.85 bits per heavy atom. The van der Waals surface area contributed by atoms with Crippen molar-refractivity contribution >= 4 is 21.6 Å². The first-order valence-electron chi connectivity index (χ1n) is 8.61. The van der Waals surface area contributed by atoms with E-state index in [4.69, 9.17) is 9.47 Å². The number of nitrogens with zero attached hydrogens (tertiary/aromatic N) is 1. The van der Waals surface area contributed by atoms with Crippen LogP contribution in [0.4, 0.5) is 5.69 Å². The van der Waals surface area contributed by atoms with E-state index in [0.717, 1.165) is 5.56 Å². The number of benzene rings is 2. The molecule has 0 radical (unpaired) electrons. The smallest absolute Gasteiger partial charge is 0.240 e. The summed E-state index contributed by atoms with van der Waals surface area (Å²) in [5.74, 6) is 1.01. The van der Waals surface area contributed by atoms with E-state index < -0.39 is 10.0 Å². The highest BCUT2D eigenvalue weighted by Crippen LogP contribution is 2.34. The van der Waals surface area contributed by atoms with Gasteiger partial charge in [0.05, 0.1) is 4.90 Å². The summed E-state index contributed by atoms with van der Waals surface area (Å²) in [5.41, 5.74) is 1.49. The third-order valence-corrected chi connectivity index (χ3v) is 5.60. The van der Waals surface area contributed by atoms with E-state index in [1.54, 1.807) is 36.4 Å². The number of hydrogen-bond acceptors (Lipinski definition) is 5. The molecule has 2 aromatic carbocycles. The average Bonchev–Trinajstić information content (AvgIpc) is 2.64. The molecule has 1 heterocycles. The summed E-state index contributed by atoms with van der Waals surface area (Å²) in [6.07, 6.45) is 0. The Hall–Kier alpha value is -2.58.